The lowest BCUT2D eigenvalue weighted by atomic mass is 9.99. The van der Waals surface area contributed by atoms with Crippen LogP contribution in [0.1, 0.15) is 25.0 Å². The minimum absolute atomic E-state index is 0.603. The summed E-state index contributed by atoms with van der Waals surface area (Å²) in [4.78, 5) is 2.41. The molecule has 15 heavy (non-hydrogen) atoms. The van der Waals surface area contributed by atoms with Crippen molar-refractivity contribution in [2.24, 2.45) is 0 Å². The third-order valence-electron chi connectivity index (χ3n) is 3.04. The molecule has 0 amide bonds. The van der Waals surface area contributed by atoms with Gasteiger partial charge in [0.25, 0.3) is 0 Å². The summed E-state index contributed by atoms with van der Waals surface area (Å²) in [5, 5.41) is 8.66. The van der Waals surface area contributed by atoms with Gasteiger partial charge in [0.2, 0.25) is 0 Å². The zero-order valence-electron chi connectivity index (χ0n) is 8.99. The molecule has 1 aliphatic heterocycles. The van der Waals surface area contributed by atoms with E-state index in [9.17, 15) is 0 Å². The molecule has 1 aromatic heterocycles. The Morgan fingerprint density at radius 3 is 3.13 bits per heavy atom. The first-order valence-electron chi connectivity index (χ1n) is 5.43. The SMILES string of the molecule is CN1CCCCC1Cc1cc(Cl)cnn1. The Morgan fingerprint density at radius 2 is 2.40 bits per heavy atom. The van der Waals surface area contributed by atoms with Gasteiger partial charge in [-0.25, -0.2) is 0 Å². The molecule has 1 fully saturated rings. The zero-order chi connectivity index (χ0) is 10.7. The monoisotopic (exact) mass is 225 g/mol. The molecular formula is C11H16ClN3. The Labute approximate surface area is 95.5 Å². The molecule has 1 aromatic rings. The summed E-state index contributed by atoms with van der Waals surface area (Å²) in [5.41, 5.74) is 1.00. The summed E-state index contributed by atoms with van der Waals surface area (Å²) >= 11 is 5.88. The molecule has 0 saturated carbocycles. The highest BCUT2D eigenvalue weighted by Gasteiger charge is 2.19. The number of piperidine rings is 1. The van der Waals surface area contributed by atoms with Gasteiger partial charge in [0, 0.05) is 12.5 Å². The normalized spacial score (nSPS) is 22.9. The largest absolute Gasteiger partial charge is 0.303 e. The van der Waals surface area contributed by atoms with Crippen molar-refractivity contribution < 1.29 is 0 Å². The molecule has 4 heteroatoms. The molecule has 0 aromatic carbocycles. The first kappa shape index (κ1) is 10.8. The predicted octanol–water partition coefficient (Wildman–Crippen LogP) is 2.16. The topological polar surface area (TPSA) is 29.0 Å². The van der Waals surface area contributed by atoms with Gasteiger partial charge in [-0.05, 0) is 32.5 Å². The smallest absolute Gasteiger partial charge is 0.0682 e. The highest BCUT2D eigenvalue weighted by atomic mass is 35.5. The van der Waals surface area contributed by atoms with Gasteiger partial charge in [0.1, 0.15) is 0 Å². The number of rotatable bonds is 2. The van der Waals surface area contributed by atoms with Gasteiger partial charge >= 0.3 is 0 Å². The number of hydrogen-bond acceptors (Lipinski definition) is 3. The second-order valence-electron chi connectivity index (χ2n) is 4.20. The first-order chi connectivity index (χ1) is 7.25. The van der Waals surface area contributed by atoms with Crippen LogP contribution >= 0.6 is 11.6 Å². The summed E-state index contributed by atoms with van der Waals surface area (Å²) < 4.78 is 0. The van der Waals surface area contributed by atoms with Crippen molar-refractivity contribution >= 4 is 11.6 Å². The van der Waals surface area contributed by atoms with E-state index in [1.165, 1.54) is 25.8 Å². The Kier molecular flexibility index (Phi) is 3.54. The van der Waals surface area contributed by atoms with Gasteiger partial charge in [-0.3, -0.25) is 0 Å². The fourth-order valence-electron chi connectivity index (χ4n) is 2.13. The minimum atomic E-state index is 0.603. The summed E-state index contributed by atoms with van der Waals surface area (Å²) in [5.74, 6) is 0. The third-order valence-corrected chi connectivity index (χ3v) is 3.24. The van der Waals surface area contributed by atoms with Crippen LogP contribution in [0.5, 0.6) is 0 Å². The Bertz CT molecular complexity index is 329. The average Bonchev–Trinajstić information content (AvgIpc) is 2.22. The van der Waals surface area contributed by atoms with Crippen LogP contribution in [0, 0.1) is 0 Å². The lowest BCUT2D eigenvalue weighted by Crippen LogP contribution is -2.37. The van der Waals surface area contributed by atoms with Crippen molar-refractivity contribution in [2.45, 2.75) is 31.7 Å². The number of hydrogen-bond donors (Lipinski definition) is 0. The molecule has 1 atom stereocenters. The maximum Gasteiger partial charge on any atom is 0.0682 e. The van der Waals surface area contributed by atoms with Crippen LogP contribution in [-0.4, -0.2) is 34.7 Å². The molecule has 0 bridgehead atoms. The molecule has 0 aliphatic carbocycles. The molecule has 1 saturated heterocycles. The fraction of sp³-hybridized carbons (Fsp3) is 0.636. The maximum absolute atomic E-state index is 5.88. The molecule has 2 rings (SSSR count). The van der Waals surface area contributed by atoms with E-state index in [0.717, 1.165) is 12.1 Å². The molecule has 1 unspecified atom stereocenters. The van der Waals surface area contributed by atoms with Gasteiger partial charge in [-0.2, -0.15) is 10.2 Å². The van der Waals surface area contributed by atoms with Gasteiger partial charge < -0.3 is 4.90 Å². The van der Waals surface area contributed by atoms with Crippen LogP contribution < -0.4 is 0 Å². The Morgan fingerprint density at radius 1 is 1.53 bits per heavy atom. The van der Waals surface area contributed by atoms with Crippen molar-refractivity contribution in [3.8, 4) is 0 Å². The fourth-order valence-corrected chi connectivity index (χ4v) is 2.30. The number of nitrogens with zero attached hydrogens (tertiary/aromatic N) is 3. The minimum Gasteiger partial charge on any atom is -0.303 e. The van der Waals surface area contributed by atoms with E-state index in [1.54, 1.807) is 6.20 Å². The molecule has 2 heterocycles. The second kappa shape index (κ2) is 4.90. The molecule has 1 aliphatic rings. The predicted molar refractivity (Wildman–Crippen MR) is 61.0 cm³/mol. The second-order valence-corrected chi connectivity index (χ2v) is 4.64. The standard InChI is InChI=1S/C11H16ClN3/c1-15-5-3-2-4-11(15)7-10-6-9(12)8-13-14-10/h6,8,11H,2-5,7H2,1H3. The van der Waals surface area contributed by atoms with E-state index < -0.39 is 0 Å². The van der Waals surface area contributed by atoms with Crippen molar-refractivity contribution in [3.63, 3.8) is 0 Å². The molecule has 82 valence electrons. The highest BCUT2D eigenvalue weighted by Crippen LogP contribution is 2.18. The lowest BCUT2D eigenvalue weighted by molar-refractivity contribution is 0.183. The van der Waals surface area contributed by atoms with E-state index >= 15 is 0 Å². The van der Waals surface area contributed by atoms with E-state index in [0.29, 0.717) is 11.1 Å². The Balaban J connectivity index is 2.01. The summed E-state index contributed by atoms with van der Waals surface area (Å²) in [7, 11) is 2.18. The van der Waals surface area contributed by atoms with E-state index in [2.05, 4.69) is 22.1 Å². The van der Waals surface area contributed by atoms with Crippen LogP contribution in [0.2, 0.25) is 5.02 Å². The van der Waals surface area contributed by atoms with Crippen LogP contribution in [0.25, 0.3) is 0 Å². The van der Waals surface area contributed by atoms with E-state index in [1.807, 2.05) is 6.07 Å². The van der Waals surface area contributed by atoms with Gasteiger partial charge in [-0.15, -0.1) is 0 Å². The van der Waals surface area contributed by atoms with Gasteiger partial charge in [-0.1, -0.05) is 18.0 Å². The molecule has 0 spiro atoms. The zero-order valence-corrected chi connectivity index (χ0v) is 9.74. The number of halogens is 1. The maximum atomic E-state index is 5.88. The van der Waals surface area contributed by atoms with Crippen molar-refractivity contribution in [2.75, 3.05) is 13.6 Å². The number of aromatic nitrogens is 2. The van der Waals surface area contributed by atoms with Crippen molar-refractivity contribution in [1.29, 1.82) is 0 Å². The van der Waals surface area contributed by atoms with Gasteiger partial charge in [0.05, 0.1) is 16.9 Å². The van der Waals surface area contributed by atoms with Crippen LogP contribution in [0.4, 0.5) is 0 Å². The average molecular weight is 226 g/mol. The van der Waals surface area contributed by atoms with Crippen LogP contribution in [0.3, 0.4) is 0 Å². The summed E-state index contributed by atoms with van der Waals surface area (Å²) in [6.45, 7) is 1.19. The van der Waals surface area contributed by atoms with E-state index in [4.69, 9.17) is 11.6 Å². The number of likely N-dealkylation sites (tertiary alicyclic amines) is 1. The van der Waals surface area contributed by atoms with E-state index in [-0.39, 0.29) is 0 Å². The molecule has 0 radical (unpaired) electrons. The molecular weight excluding hydrogens is 210 g/mol. The van der Waals surface area contributed by atoms with Crippen LogP contribution in [0.15, 0.2) is 12.3 Å². The third kappa shape index (κ3) is 2.89. The Hall–Kier alpha value is -0.670. The highest BCUT2D eigenvalue weighted by molar-refractivity contribution is 6.30. The number of likely N-dealkylation sites (N-methyl/N-ethyl adjacent to an activating group) is 1. The van der Waals surface area contributed by atoms with Crippen molar-refractivity contribution in [3.05, 3.63) is 23.0 Å². The lowest BCUT2D eigenvalue weighted by Gasteiger charge is -2.32. The summed E-state index contributed by atoms with van der Waals surface area (Å²) in [6, 6.07) is 2.52. The first-order valence-corrected chi connectivity index (χ1v) is 5.81. The van der Waals surface area contributed by atoms with Crippen LogP contribution in [-0.2, 0) is 6.42 Å². The van der Waals surface area contributed by atoms with Crippen molar-refractivity contribution in [1.82, 2.24) is 15.1 Å². The van der Waals surface area contributed by atoms with Gasteiger partial charge in [0.15, 0.2) is 0 Å². The molecule has 0 N–H and O–H groups in total. The summed E-state index contributed by atoms with van der Waals surface area (Å²) in [6.07, 6.45) is 6.43. The quantitative estimate of drug-likeness (QED) is 0.773. The molecule has 3 nitrogen and oxygen atoms in total.